The largest absolute Gasteiger partial charge is 0.497 e. The van der Waals surface area contributed by atoms with Crippen LogP contribution in [-0.2, 0) is 0 Å². The molecule has 2 fully saturated rings. The van der Waals surface area contributed by atoms with E-state index in [-0.39, 0.29) is 30.1 Å². The number of nitrogens with zero attached hydrogens (tertiary/aromatic N) is 2. The number of guanidine groups is 1. The molecule has 1 heterocycles. The van der Waals surface area contributed by atoms with Gasteiger partial charge in [0.2, 0.25) is 0 Å². The normalized spacial score (nSPS) is 19.5. The third kappa shape index (κ3) is 7.31. The molecule has 1 unspecified atom stereocenters. The molecule has 2 aliphatic rings. The van der Waals surface area contributed by atoms with E-state index in [9.17, 15) is 0 Å². The van der Waals surface area contributed by atoms with E-state index in [0.29, 0.717) is 12.6 Å². The molecule has 1 aliphatic carbocycles. The van der Waals surface area contributed by atoms with Crippen LogP contribution in [0, 0.1) is 0 Å². The van der Waals surface area contributed by atoms with Crippen LogP contribution in [0.3, 0.4) is 0 Å². The van der Waals surface area contributed by atoms with Gasteiger partial charge in [-0.3, -0.25) is 0 Å². The summed E-state index contributed by atoms with van der Waals surface area (Å²) in [6.07, 6.45) is 5.16. The van der Waals surface area contributed by atoms with Crippen LogP contribution in [0.15, 0.2) is 29.3 Å². The molecule has 1 aromatic rings. The van der Waals surface area contributed by atoms with E-state index >= 15 is 0 Å². The molecule has 0 spiro atoms. The summed E-state index contributed by atoms with van der Waals surface area (Å²) in [5, 5.41) is 6.97. The molecule has 0 bridgehead atoms. The van der Waals surface area contributed by atoms with Crippen molar-refractivity contribution in [2.75, 3.05) is 33.3 Å². The summed E-state index contributed by atoms with van der Waals surface area (Å²) in [7, 11) is 1.66. The van der Waals surface area contributed by atoms with E-state index < -0.39 is 0 Å². The maximum Gasteiger partial charge on any atom is 0.191 e. The molecule has 3 rings (SSSR count). The van der Waals surface area contributed by atoms with E-state index in [1.165, 1.54) is 38.8 Å². The summed E-state index contributed by atoms with van der Waals surface area (Å²) >= 11 is 0. The van der Waals surface area contributed by atoms with Gasteiger partial charge >= 0.3 is 0 Å². The lowest BCUT2D eigenvalue weighted by Crippen LogP contribution is -2.49. The van der Waals surface area contributed by atoms with E-state index in [2.05, 4.69) is 22.5 Å². The maximum atomic E-state index is 5.97. The minimum Gasteiger partial charge on any atom is -0.497 e. The fourth-order valence-corrected chi connectivity index (χ4v) is 3.53. The van der Waals surface area contributed by atoms with Gasteiger partial charge in [0.05, 0.1) is 13.7 Å². The van der Waals surface area contributed by atoms with Gasteiger partial charge in [-0.25, -0.2) is 4.99 Å². The Balaban J connectivity index is 0.00000280. The molecule has 0 aromatic heterocycles. The predicted octanol–water partition coefficient (Wildman–Crippen LogP) is 3.26. The van der Waals surface area contributed by atoms with Crippen molar-refractivity contribution in [1.82, 2.24) is 15.5 Å². The zero-order valence-corrected chi connectivity index (χ0v) is 19.6. The van der Waals surface area contributed by atoms with Crippen molar-refractivity contribution >= 4 is 29.9 Å². The van der Waals surface area contributed by atoms with Crippen molar-refractivity contribution in [3.63, 3.8) is 0 Å². The third-order valence-corrected chi connectivity index (χ3v) is 5.16. The van der Waals surface area contributed by atoms with Crippen LogP contribution in [0.5, 0.6) is 11.5 Å². The van der Waals surface area contributed by atoms with E-state index in [1.54, 1.807) is 7.11 Å². The monoisotopic (exact) mass is 502 g/mol. The minimum atomic E-state index is -0.00993. The number of hydrogen-bond acceptors (Lipinski definition) is 4. The third-order valence-electron chi connectivity index (χ3n) is 5.16. The van der Waals surface area contributed by atoms with Gasteiger partial charge in [-0.2, -0.15) is 0 Å². The van der Waals surface area contributed by atoms with Crippen LogP contribution < -0.4 is 20.1 Å². The molecular formula is C21H35IN4O2. The quantitative estimate of drug-likeness (QED) is 0.325. The smallest absolute Gasteiger partial charge is 0.191 e. The van der Waals surface area contributed by atoms with Crippen LogP contribution in [0.4, 0.5) is 0 Å². The fourth-order valence-electron chi connectivity index (χ4n) is 3.53. The SMILES string of the molecule is CCNC(=NCC(C)Oc1cccc(OC)c1)NC1CCN(C2CC2)CC1.I. The Bertz CT molecular complexity index is 616. The average molecular weight is 502 g/mol. The molecule has 0 radical (unpaired) electrons. The van der Waals surface area contributed by atoms with Crippen molar-refractivity contribution in [2.45, 2.75) is 57.7 Å². The Morgan fingerprint density at radius 1 is 1.21 bits per heavy atom. The second-order valence-electron chi connectivity index (χ2n) is 7.51. The summed E-state index contributed by atoms with van der Waals surface area (Å²) in [5.41, 5.74) is 0. The summed E-state index contributed by atoms with van der Waals surface area (Å²) < 4.78 is 11.2. The molecule has 0 amide bonds. The fraction of sp³-hybridized carbons (Fsp3) is 0.667. The number of nitrogens with one attached hydrogen (secondary N) is 2. The van der Waals surface area contributed by atoms with Gasteiger partial charge in [0, 0.05) is 37.8 Å². The van der Waals surface area contributed by atoms with Gasteiger partial charge in [0.15, 0.2) is 5.96 Å². The first-order chi connectivity index (χ1) is 13.2. The van der Waals surface area contributed by atoms with E-state index in [4.69, 9.17) is 14.5 Å². The summed E-state index contributed by atoms with van der Waals surface area (Å²) in [6.45, 7) is 8.02. The second kappa shape index (κ2) is 11.7. The number of halogens is 1. The highest BCUT2D eigenvalue weighted by molar-refractivity contribution is 14.0. The summed E-state index contributed by atoms with van der Waals surface area (Å²) in [5.74, 6) is 2.50. The molecule has 1 saturated heterocycles. The number of benzene rings is 1. The first-order valence-corrected chi connectivity index (χ1v) is 10.3. The molecule has 6 nitrogen and oxygen atoms in total. The number of methoxy groups -OCH3 is 1. The van der Waals surface area contributed by atoms with Gasteiger partial charge in [-0.1, -0.05) is 6.07 Å². The molecule has 2 N–H and O–H groups in total. The molecule has 28 heavy (non-hydrogen) atoms. The second-order valence-corrected chi connectivity index (χ2v) is 7.51. The lowest BCUT2D eigenvalue weighted by Gasteiger charge is -2.33. The topological polar surface area (TPSA) is 58.1 Å². The molecule has 1 aliphatic heterocycles. The number of hydrogen-bond donors (Lipinski definition) is 2. The van der Waals surface area contributed by atoms with Gasteiger partial charge in [-0.05, 0) is 51.7 Å². The Morgan fingerprint density at radius 2 is 1.93 bits per heavy atom. The number of piperidine rings is 1. The zero-order valence-electron chi connectivity index (χ0n) is 17.3. The molecule has 7 heteroatoms. The number of ether oxygens (including phenoxy) is 2. The van der Waals surface area contributed by atoms with Crippen molar-refractivity contribution < 1.29 is 9.47 Å². The first kappa shape index (κ1) is 23.1. The number of likely N-dealkylation sites (tertiary alicyclic amines) is 1. The van der Waals surface area contributed by atoms with Gasteiger partial charge in [0.1, 0.15) is 17.6 Å². The van der Waals surface area contributed by atoms with Gasteiger partial charge < -0.3 is 25.0 Å². The van der Waals surface area contributed by atoms with Crippen molar-refractivity contribution in [3.8, 4) is 11.5 Å². The van der Waals surface area contributed by atoms with Gasteiger partial charge in [0.25, 0.3) is 0 Å². The average Bonchev–Trinajstić information content (AvgIpc) is 3.52. The molecule has 158 valence electrons. The molecule has 1 saturated carbocycles. The van der Waals surface area contributed by atoms with Crippen molar-refractivity contribution in [1.29, 1.82) is 0 Å². The first-order valence-electron chi connectivity index (χ1n) is 10.3. The number of aliphatic imine (C=N–C) groups is 1. The molecule has 1 atom stereocenters. The van der Waals surface area contributed by atoms with Crippen molar-refractivity contribution in [3.05, 3.63) is 24.3 Å². The van der Waals surface area contributed by atoms with Crippen LogP contribution in [0.25, 0.3) is 0 Å². The Morgan fingerprint density at radius 3 is 2.57 bits per heavy atom. The highest BCUT2D eigenvalue weighted by atomic mass is 127. The standard InChI is InChI=1S/C21H34N4O2.HI/c1-4-22-21(24-17-10-12-25(13-11-17)18-8-9-18)23-15-16(2)27-20-7-5-6-19(14-20)26-3;/h5-7,14,16-18H,4,8-13,15H2,1-3H3,(H2,22,23,24);1H. The number of rotatable bonds is 8. The lowest BCUT2D eigenvalue weighted by atomic mass is 10.1. The van der Waals surface area contributed by atoms with E-state index in [1.807, 2.05) is 31.2 Å². The highest BCUT2D eigenvalue weighted by Crippen LogP contribution is 2.29. The maximum absolute atomic E-state index is 5.97. The Hall–Kier alpha value is -1.22. The zero-order chi connectivity index (χ0) is 19.1. The van der Waals surface area contributed by atoms with Crippen LogP contribution in [0.2, 0.25) is 0 Å². The summed E-state index contributed by atoms with van der Waals surface area (Å²) in [4.78, 5) is 7.38. The highest BCUT2D eigenvalue weighted by Gasteiger charge is 2.31. The minimum absolute atomic E-state index is 0. The summed E-state index contributed by atoms with van der Waals surface area (Å²) in [6, 6.07) is 9.08. The van der Waals surface area contributed by atoms with Crippen LogP contribution >= 0.6 is 24.0 Å². The van der Waals surface area contributed by atoms with Crippen molar-refractivity contribution in [2.24, 2.45) is 4.99 Å². The van der Waals surface area contributed by atoms with Gasteiger partial charge in [-0.15, -0.1) is 24.0 Å². The van der Waals surface area contributed by atoms with E-state index in [0.717, 1.165) is 30.0 Å². The predicted molar refractivity (Wildman–Crippen MR) is 125 cm³/mol. The Kier molecular flexibility index (Phi) is 9.64. The molecule has 1 aromatic carbocycles. The van der Waals surface area contributed by atoms with Crippen LogP contribution in [-0.4, -0.2) is 62.3 Å². The Labute approximate surface area is 186 Å². The lowest BCUT2D eigenvalue weighted by molar-refractivity contribution is 0.197. The van der Waals surface area contributed by atoms with Crippen LogP contribution in [0.1, 0.15) is 39.5 Å². The molecular weight excluding hydrogens is 467 g/mol.